The third kappa shape index (κ3) is 0.730. The van der Waals surface area contributed by atoms with Gasteiger partial charge in [-0.15, -0.1) is 0 Å². The minimum absolute atomic E-state index is 0.132. The first-order valence-electron chi connectivity index (χ1n) is 1.92. The zero-order valence-corrected chi connectivity index (χ0v) is 3.72. The Kier molecular flexibility index (Phi) is 0.654. The lowest BCUT2D eigenvalue weighted by Crippen LogP contribution is -2.40. The number of rotatable bonds is 0. The molecule has 3 nitrogen and oxygen atoms in total. The Morgan fingerprint density at radius 3 is 2.14 bits per heavy atom. The molecule has 0 atom stereocenters. The Hall–Kier alpha value is -0.540. The van der Waals surface area contributed by atoms with Crippen molar-refractivity contribution in [2.45, 2.75) is 12.4 Å². The van der Waals surface area contributed by atoms with Gasteiger partial charge in [0.1, 0.15) is 5.76 Å². The monoisotopic (exact) mass is 102 g/mol. The lowest BCUT2D eigenvalue weighted by Gasteiger charge is -2.32. The van der Waals surface area contributed by atoms with E-state index in [4.69, 9.17) is 10.2 Å². The van der Waals surface area contributed by atoms with Gasteiger partial charge in [0.25, 0.3) is 0 Å². The Bertz CT molecular complexity index is 95.5. The fourth-order valence-corrected chi connectivity index (χ4v) is 0.480. The van der Waals surface area contributed by atoms with Gasteiger partial charge in [-0.05, 0) is 0 Å². The van der Waals surface area contributed by atoms with Crippen molar-refractivity contribution >= 4 is 0 Å². The Morgan fingerprint density at radius 2 is 2.14 bits per heavy atom. The third-order valence-corrected chi connectivity index (χ3v) is 0.735. The molecular formula is C4H6O3. The molecule has 0 bridgehead atoms. The number of ether oxygens (including phenoxy) is 1. The molecular weight excluding hydrogens is 96.0 g/mol. The van der Waals surface area contributed by atoms with Crippen LogP contribution in [-0.2, 0) is 4.74 Å². The number of hydrogen-bond donors (Lipinski definition) is 2. The van der Waals surface area contributed by atoms with Crippen molar-refractivity contribution in [2.75, 3.05) is 0 Å². The summed E-state index contributed by atoms with van der Waals surface area (Å²) in [5, 5.41) is 16.7. The van der Waals surface area contributed by atoms with E-state index >= 15 is 0 Å². The van der Waals surface area contributed by atoms with Crippen molar-refractivity contribution in [1.29, 1.82) is 0 Å². The molecule has 0 aromatic carbocycles. The Balaban J connectivity index is 2.43. The molecule has 0 spiro atoms. The topological polar surface area (TPSA) is 49.7 Å². The maximum Gasteiger partial charge on any atom is 0.328 e. The quantitative estimate of drug-likeness (QED) is 0.407. The van der Waals surface area contributed by atoms with Crippen LogP contribution in [0.4, 0.5) is 0 Å². The maximum atomic E-state index is 8.36. The highest BCUT2D eigenvalue weighted by Crippen LogP contribution is 2.28. The summed E-state index contributed by atoms with van der Waals surface area (Å²) in [6, 6.07) is 0. The lowest BCUT2D eigenvalue weighted by molar-refractivity contribution is -0.369. The molecule has 1 saturated heterocycles. The number of aliphatic hydroxyl groups is 2. The Morgan fingerprint density at radius 1 is 1.71 bits per heavy atom. The van der Waals surface area contributed by atoms with Crippen LogP contribution in [0.25, 0.3) is 0 Å². The fourth-order valence-electron chi connectivity index (χ4n) is 0.480. The molecule has 0 radical (unpaired) electrons. The molecule has 3 heteroatoms. The van der Waals surface area contributed by atoms with Gasteiger partial charge >= 0.3 is 5.97 Å². The van der Waals surface area contributed by atoms with Crippen LogP contribution in [-0.4, -0.2) is 16.2 Å². The molecule has 2 N–H and O–H groups in total. The summed E-state index contributed by atoms with van der Waals surface area (Å²) in [7, 11) is 0. The first kappa shape index (κ1) is 4.61. The SMILES string of the molecule is C=C1CC(O)(O)O1. The second-order valence-electron chi connectivity index (χ2n) is 1.56. The van der Waals surface area contributed by atoms with E-state index in [0.717, 1.165) is 0 Å². The molecule has 7 heavy (non-hydrogen) atoms. The van der Waals surface area contributed by atoms with Crippen LogP contribution >= 0.6 is 0 Å². The van der Waals surface area contributed by atoms with E-state index in [1.54, 1.807) is 0 Å². The Labute approximate surface area is 40.8 Å². The lowest BCUT2D eigenvalue weighted by atomic mass is 10.2. The molecule has 0 saturated carbocycles. The molecule has 1 fully saturated rings. The van der Waals surface area contributed by atoms with E-state index in [9.17, 15) is 0 Å². The average molecular weight is 102 g/mol. The molecule has 0 aromatic rings. The molecule has 1 aliphatic rings. The molecule has 40 valence electrons. The van der Waals surface area contributed by atoms with Crippen LogP contribution in [0, 0.1) is 0 Å². The van der Waals surface area contributed by atoms with Gasteiger partial charge < -0.3 is 14.9 Å². The zero-order valence-electron chi connectivity index (χ0n) is 3.72. The van der Waals surface area contributed by atoms with Crippen molar-refractivity contribution in [2.24, 2.45) is 0 Å². The van der Waals surface area contributed by atoms with Gasteiger partial charge in [-0.2, -0.15) is 0 Å². The largest absolute Gasteiger partial charge is 0.444 e. The van der Waals surface area contributed by atoms with E-state index < -0.39 is 5.97 Å². The van der Waals surface area contributed by atoms with Gasteiger partial charge in [0.2, 0.25) is 0 Å². The van der Waals surface area contributed by atoms with Gasteiger partial charge in [-0.1, -0.05) is 6.58 Å². The smallest absolute Gasteiger partial charge is 0.328 e. The van der Waals surface area contributed by atoms with E-state index in [1.807, 2.05) is 0 Å². The van der Waals surface area contributed by atoms with Crippen LogP contribution in [0.1, 0.15) is 6.42 Å². The van der Waals surface area contributed by atoms with Crippen molar-refractivity contribution in [3.8, 4) is 0 Å². The van der Waals surface area contributed by atoms with Crippen LogP contribution in [0.3, 0.4) is 0 Å². The normalized spacial score (nSPS) is 25.7. The molecule has 1 aliphatic heterocycles. The highest BCUT2D eigenvalue weighted by atomic mass is 16.8. The summed E-state index contributed by atoms with van der Waals surface area (Å²) in [5.41, 5.74) is 0. The van der Waals surface area contributed by atoms with E-state index in [2.05, 4.69) is 11.3 Å². The van der Waals surface area contributed by atoms with Crippen molar-refractivity contribution < 1.29 is 14.9 Å². The molecule has 0 aromatic heterocycles. The molecule has 1 rings (SSSR count). The van der Waals surface area contributed by atoms with Crippen LogP contribution < -0.4 is 0 Å². The first-order chi connectivity index (χ1) is 3.10. The summed E-state index contributed by atoms with van der Waals surface area (Å²) in [6.07, 6.45) is 0.132. The van der Waals surface area contributed by atoms with Crippen LogP contribution in [0.2, 0.25) is 0 Å². The number of hydrogen-bond acceptors (Lipinski definition) is 3. The van der Waals surface area contributed by atoms with Gasteiger partial charge in [-0.25, -0.2) is 0 Å². The molecule has 1 heterocycles. The highest BCUT2D eigenvalue weighted by Gasteiger charge is 2.37. The van der Waals surface area contributed by atoms with Gasteiger partial charge in [-0.3, -0.25) is 0 Å². The highest BCUT2D eigenvalue weighted by molar-refractivity contribution is 4.95. The average Bonchev–Trinajstić information content (AvgIpc) is 1.27. The predicted molar refractivity (Wildman–Crippen MR) is 22.0 cm³/mol. The third-order valence-electron chi connectivity index (χ3n) is 0.735. The fraction of sp³-hybridized carbons (Fsp3) is 0.500. The van der Waals surface area contributed by atoms with E-state index in [0.29, 0.717) is 5.76 Å². The molecule has 0 amide bonds. The molecule has 0 aliphatic carbocycles. The minimum atomic E-state index is -1.91. The van der Waals surface area contributed by atoms with Crippen molar-refractivity contribution in [3.63, 3.8) is 0 Å². The van der Waals surface area contributed by atoms with Crippen LogP contribution in [0.15, 0.2) is 12.3 Å². The van der Waals surface area contributed by atoms with Gasteiger partial charge in [0.15, 0.2) is 0 Å². The second-order valence-corrected chi connectivity index (χ2v) is 1.56. The van der Waals surface area contributed by atoms with Gasteiger partial charge in [0.05, 0.1) is 6.42 Å². The zero-order chi connectivity index (χ0) is 5.49. The van der Waals surface area contributed by atoms with Gasteiger partial charge in [0, 0.05) is 0 Å². The second kappa shape index (κ2) is 0.993. The summed E-state index contributed by atoms with van der Waals surface area (Å²) >= 11 is 0. The van der Waals surface area contributed by atoms with Crippen molar-refractivity contribution in [3.05, 3.63) is 12.3 Å². The molecule has 0 unspecified atom stereocenters. The summed E-state index contributed by atoms with van der Waals surface area (Å²) in [5.74, 6) is -1.48. The predicted octanol–water partition coefficient (Wildman–Crippen LogP) is -0.441. The summed E-state index contributed by atoms with van der Waals surface area (Å²) in [4.78, 5) is 0. The summed E-state index contributed by atoms with van der Waals surface area (Å²) < 4.78 is 4.24. The first-order valence-corrected chi connectivity index (χ1v) is 1.92. The minimum Gasteiger partial charge on any atom is -0.444 e. The maximum absolute atomic E-state index is 8.36. The summed E-state index contributed by atoms with van der Waals surface area (Å²) in [6.45, 7) is 3.31. The standard InChI is InChI=1S/C4H6O3/c1-3-2-4(5,6)7-3/h5-6H,1-2H2. The van der Waals surface area contributed by atoms with E-state index in [-0.39, 0.29) is 6.42 Å². The van der Waals surface area contributed by atoms with Crippen molar-refractivity contribution in [1.82, 2.24) is 0 Å². The van der Waals surface area contributed by atoms with E-state index in [1.165, 1.54) is 0 Å². The van der Waals surface area contributed by atoms with Crippen LogP contribution in [0.5, 0.6) is 0 Å².